The number of nitrogens with zero attached hydrogens (tertiary/aromatic N) is 5. The van der Waals surface area contributed by atoms with Gasteiger partial charge in [-0.15, -0.1) is 5.10 Å². The summed E-state index contributed by atoms with van der Waals surface area (Å²) < 4.78 is 0. The quantitative estimate of drug-likeness (QED) is 0.584. The van der Waals surface area contributed by atoms with Crippen LogP contribution in [0.25, 0.3) is 11.5 Å². The Labute approximate surface area is 66.4 Å². The third kappa shape index (κ3) is 0.911. The fourth-order valence-electron chi connectivity index (χ4n) is 0.742. The Hall–Kier alpha value is -2.23. The molecule has 2 rings (SSSR count). The third-order valence-corrected chi connectivity index (χ3v) is 1.24. The van der Waals surface area contributed by atoms with Gasteiger partial charge in [-0.25, -0.2) is 0 Å². The van der Waals surface area contributed by atoms with E-state index in [2.05, 4.69) is 30.6 Å². The van der Waals surface area contributed by atoms with Crippen LogP contribution in [0.5, 0.6) is 0 Å². The summed E-state index contributed by atoms with van der Waals surface area (Å²) in [6, 6.07) is 1.80. The predicted molar refractivity (Wildman–Crippen MR) is 36.5 cm³/mol. The first-order valence-corrected chi connectivity index (χ1v) is 3.09. The van der Waals surface area contributed by atoms with E-state index in [1.165, 1.54) is 6.20 Å². The molecule has 0 aliphatic carbocycles. The Morgan fingerprint density at radius 1 is 1.42 bits per heavy atom. The average molecular weight is 161 g/mol. The van der Waals surface area contributed by atoms with E-state index in [1.807, 2.05) is 0 Å². The third-order valence-electron chi connectivity index (χ3n) is 1.24. The minimum absolute atomic E-state index is 0.0907. The van der Waals surface area contributed by atoms with Gasteiger partial charge in [-0.1, -0.05) is 0 Å². The van der Waals surface area contributed by atoms with E-state index >= 15 is 0 Å². The minimum atomic E-state index is 0.0907. The molecule has 0 unspecified atom stereocenters. The Kier molecular flexibility index (Phi) is 1.31. The highest BCUT2D eigenvalue weighted by atomic mass is 15.3. The van der Waals surface area contributed by atoms with Gasteiger partial charge in [0.25, 0.3) is 5.82 Å². The molecule has 0 aliphatic rings. The van der Waals surface area contributed by atoms with Crippen LogP contribution in [0.1, 0.15) is 5.82 Å². The lowest BCUT2D eigenvalue weighted by Crippen LogP contribution is -1.80. The number of nitriles is 1. The van der Waals surface area contributed by atoms with Gasteiger partial charge in [-0.2, -0.15) is 25.7 Å². The van der Waals surface area contributed by atoms with Crippen LogP contribution in [0.4, 0.5) is 0 Å². The lowest BCUT2D eigenvalue weighted by atomic mass is 10.5. The average Bonchev–Trinajstić information content (AvgIpc) is 2.75. The molecule has 0 atom stereocenters. The Bertz CT molecular complexity index is 405. The van der Waals surface area contributed by atoms with Crippen molar-refractivity contribution < 1.29 is 0 Å². The molecule has 7 nitrogen and oxygen atoms in total. The summed E-state index contributed by atoms with van der Waals surface area (Å²) in [7, 11) is 0. The highest BCUT2D eigenvalue weighted by molar-refractivity contribution is 5.45. The van der Waals surface area contributed by atoms with Crippen molar-refractivity contribution in [1.29, 1.82) is 5.26 Å². The van der Waals surface area contributed by atoms with Crippen molar-refractivity contribution in [2.45, 2.75) is 0 Å². The predicted octanol–water partition coefficient (Wildman–Crippen LogP) is -0.539. The summed E-state index contributed by atoms with van der Waals surface area (Å²) in [5.41, 5.74) is 0.531. The van der Waals surface area contributed by atoms with Crippen molar-refractivity contribution in [1.82, 2.24) is 30.6 Å². The van der Waals surface area contributed by atoms with E-state index in [0.29, 0.717) is 11.5 Å². The molecule has 0 amide bonds. The second-order valence-electron chi connectivity index (χ2n) is 1.97. The molecule has 0 saturated heterocycles. The Morgan fingerprint density at radius 2 is 2.33 bits per heavy atom. The van der Waals surface area contributed by atoms with Crippen molar-refractivity contribution in [2.24, 2.45) is 0 Å². The molecular formula is C5H3N7. The van der Waals surface area contributed by atoms with Gasteiger partial charge in [0.15, 0.2) is 5.82 Å². The van der Waals surface area contributed by atoms with Gasteiger partial charge < -0.3 is 0 Å². The largest absolute Gasteiger partial charge is 0.256 e. The normalized spacial score (nSPS) is 9.58. The molecule has 2 N–H and O–H groups in total. The highest BCUT2D eigenvalue weighted by Gasteiger charge is 2.06. The van der Waals surface area contributed by atoms with Gasteiger partial charge in [-0.3, -0.25) is 5.10 Å². The zero-order valence-electron chi connectivity index (χ0n) is 5.81. The molecule has 12 heavy (non-hydrogen) atoms. The molecule has 2 aromatic rings. The molecule has 2 aromatic heterocycles. The van der Waals surface area contributed by atoms with Gasteiger partial charge in [0.05, 0.1) is 6.20 Å². The van der Waals surface area contributed by atoms with Gasteiger partial charge in [-0.05, 0) is 0 Å². The first kappa shape index (κ1) is 6.48. The summed E-state index contributed by atoms with van der Waals surface area (Å²) >= 11 is 0. The van der Waals surface area contributed by atoms with E-state index in [4.69, 9.17) is 5.26 Å². The maximum Gasteiger partial charge on any atom is 0.252 e. The van der Waals surface area contributed by atoms with E-state index in [-0.39, 0.29) is 5.82 Å². The number of hydrogen-bond acceptors (Lipinski definition) is 5. The lowest BCUT2D eigenvalue weighted by molar-refractivity contribution is 0.938. The number of hydrogen-bond donors (Lipinski definition) is 2. The second-order valence-corrected chi connectivity index (χ2v) is 1.97. The van der Waals surface area contributed by atoms with Crippen molar-refractivity contribution in [3.05, 3.63) is 12.0 Å². The number of aromatic nitrogens is 6. The van der Waals surface area contributed by atoms with Gasteiger partial charge in [0, 0.05) is 0 Å². The summed E-state index contributed by atoms with van der Waals surface area (Å²) in [5.74, 6) is 0.522. The monoisotopic (exact) mass is 161 g/mol. The summed E-state index contributed by atoms with van der Waals surface area (Å²) in [5, 5.41) is 24.3. The van der Waals surface area contributed by atoms with Gasteiger partial charge in [0.2, 0.25) is 0 Å². The molecule has 58 valence electrons. The van der Waals surface area contributed by atoms with E-state index in [0.717, 1.165) is 0 Å². The van der Waals surface area contributed by atoms with Crippen LogP contribution in [0, 0.1) is 11.3 Å². The van der Waals surface area contributed by atoms with E-state index < -0.39 is 0 Å². The van der Waals surface area contributed by atoms with Crippen LogP contribution < -0.4 is 0 Å². The summed E-state index contributed by atoms with van der Waals surface area (Å²) in [6.45, 7) is 0. The molecule has 0 aromatic carbocycles. The molecule has 0 bridgehead atoms. The number of H-pyrrole nitrogens is 2. The highest BCUT2D eigenvalue weighted by Crippen LogP contribution is 2.06. The van der Waals surface area contributed by atoms with Crippen molar-refractivity contribution in [3.63, 3.8) is 0 Å². The number of nitrogens with one attached hydrogen (secondary N) is 2. The maximum absolute atomic E-state index is 8.41. The van der Waals surface area contributed by atoms with Crippen LogP contribution in [-0.2, 0) is 0 Å². The molecule has 0 aliphatic heterocycles. The van der Waals surface area contributed by atoms with Crippen LogP contribution in [0.3, 0.4) is 0 Å². The van der Waals surface area contributed by atoms with Crippen molar-refractivity contribution in [3.8, 4) is 17.6 Å². The van der Waals surface area contributed by atoms with E-state index in [9.17, 15) is 0 Å². The lowest BCUT2D eigenvalue weighted by Gasteiger charge is -1.80. The van der Waals surface area contributed by atoms with Crippen molar-refractivity contribution >= 4 is 0 Å². The molecule has 0 radical (unpaired) electrons. The fourth-order valence-corrected chi connectivity index (χ4v) is 0.742. The maximum atomic E-state index is 8.41. The van der Waals surface area contributed by atoms with Crippen molar-refractivity contribution in [2.75, 3.05) is 0 Å². The standard InChI is InChI=1S/C5H3N7/c6-1-4-8-5(11-10-4)3-2-7-12-9-3/h2H,(H,7,9,12)(H,8,10,11). The molecule has 0 fully saturated rings. The number of rotatable bonds is 1. The number of aromatic amines is 2. The first-order chi connectivity index (χ1) is 5.90. The molecule has 0 saturated carbocycles. The zero-order valence-corrected chi connectivity index (χ0v) is 5.81. The first-order valence-electron chi connectivity index (χ1n) is 3.09. The van der Waals surface area contributed by atoms with E-state index in [1.54, 1.807) is 6.07 Å². The minimum Gasteiger partial charge on any atom is -0.256 e. The zero-order chi connectivity index (χ0) is 8.39. The fraction of sp³-hybridized carbons (Fsp3) is 0. The SMILES string of the molecule is N#Cc1n[nH]c(-c2cn[nH]n2)n1. The van der Waals surface area contributed by atoms with Crippen LogP contribution in [0.15, 0.2) is 6.20 Å². The summed E-state index contributed by atoms with van der Waals surface area (Å²) in [6.07, 6.45) is 1.49. The molecule has 7 heteroatoms. The molecule has 2 heterocycles. The van der Waals surface area contributed by atoms with Gasteiger partial charge >= 0.3 is 0 Å². The smallest absolute Gasteiger partial charge is 0.252 e. The van der Waals surface area contributed by atoms with Crippen LogP contribution in [0.2, 0.25) is 0 Å². The Morgan fingerprint density at radius 3 is 2.92 bits per heavy atom. The van der Waals surface area contributed by atoms with Gasteiger partial charge in [0.1, 0.15) is 11.8 Å². The molecular weight excluding hydrogens is 158 g/mol. The summed E-state index contributed by atoms with van der Waals surface area (Å²) in [4.78, 5) is 3.82. The second kappa shape index (κ2) is 2.43. The Balaban J connectivity index is 2.44. The topological polar surface area (TPSA) is 107 Å². The molecule has 0 spiro atoms. The van der Waals surface area contributed by atoms with Crippen LogP contribution in [-0.4, -0.2) is 30.6 Å². The van der Waals surface area contributed by atoms with Crippen LogP contribution >= 0.6 is 0 Å².